The quantitative estimate of drug-likeness (QED) is 0.617. The Bertz CT molecular complexity index is 359. The van der Waals surface area contributed by atoms with E-state index in [1.165, 1.54) is 12.8 Å². The Labute approximate surface area is 120 Å². The highest BCUT2D eigenvalue weighted by Crippen LogP contribution is 2.47. The first kappa shape index (κ1) is 15.3. The van der Waals surface area contributed by atoms with Crippen molar-refractivity contribution in [2.45, 2.75) is 57.4 Å². The maximum atomic E-state index is 12.3. The summed E-state index contributed by atoms with van der Waals surface area (Å²) >= 11 is 0. The third kappa shape index (κ3) is 3.51. The van der Waals surface area contributed by atoms with Crippen LogP contribution >= 0.6 is 0 Å². The van der Waals surface area contributed by atoms with Gasteiger partial charge in [0.2, 0.25) is 5.91 Å². The molecule has 0 aromatic heterocycles. The smallest absolute Gasteiger partial charge is 0.326 e. The normalized spacial score (nSPS) is 29.9. The van der Waals surface area contributed by atoms with Gasteiger partial charge in [-0.25, -0.2) is 4.79 Å². The molecule has 114 valence electrons. The Balaban J connectivity index is 1.86. The van der Waals surface area contributed by atoms with Crippen molar-refractivity contribution in [3.05, 3.63) is 0 Å². The summed E-state index contributed by atoms with van der Waals surface area (Å²) in [6.45, 7) is 0.562. The molecule has 0 radical (unpaired) electrons. The van der Waals surface area contributed by atoms with Gasteiger partial charge in [0, 0.05) is 5.92 Å². The van der Waals surface area contributed by atoms with Crippen LogP contribution in [0.5, 0.6) is 0 Å². The van der Waals surface area contributed by atoms with Gasteiger partial charge in [-0.1, -0.05) is 12.8 Å². The predicted molar refractivity (Wildman–Crippen MR) is 76.0 cm³/mol. The molecule has 4 N–H and O–H groups in total. The summed E-state index contributed by atoms with van der Waals surface area (Å²) in [6.07, 6.45) is 7.67. The molecule has 5 nitrogen and oxygen atoms in total. The molecule has 0 saturated heterocycles. The van der Waals surface area contributed by atoms with Gasteiger partial charge >= 0.3 is 5.97 Å². The lowest BCUT2D eigenvalue weighted by molar-refractivity contribution is -0.143. The number of carboxylic acids is 1. The van der Waals surface area contributed by atoms with Crippen molar-refractivity contribution in [3.63, 3.8) is 0 Å². The molecule has 2 aliphatic rings. The molecule has 0 aliphatic heterocycles. The SMILES string of the molecule is NCCCC[C@H](NC(=O)C1CC[C@H]2CCC[C@@H]12)C(=O)O. The van der Waals surface area contributed by atoms with Gasteiger partial charge < -0.3 is 16.2 Å². The lowest BCUT2D eigenvalue weighted by atomic mass is 9.91. The molecule has 0 aromatic carbocycles. The summed E-state index contributed by atoms with van der Waals surface area (Å²) in [5.41, 5.74) is 5.42. The van der Waals surface area contributed by atoms with Crippen LogP contribution in [0.15, 0.2) is 0 Å². The van der Waals surface area contributed by atoms with Crippen LogP contribution in [0.3, 0.4) is 0 Å². The number of aliphatic carboxylic acids is 1. The molecule has 20 heavy (non-hydrogen) atoms. The third-order valence-electron chi connectivity index (χ3n) is 4.98. The molecule has 5 heteroatoms. The second kappa shape index (κ2) is 7.07. The zero-order valence-corrected chi connectivity index (χ0v) is 12.0. The minimum atomic E-state index is -0.934. The highest BCUT2D eigenvalue weighted by molar-refractivity contribution is 5.85. The Morgan fingerprint density at radius 2 is 2.00 bits per heavy atom. The van der Waals surface area contributed by atoms with Crippen molar-refractivity contribution >= 4 is 11.9 Å². The van der Waals surface area contributed by atoms with E-state index in [-0.39, 0.29) is 11.8 Å². The first-order valence-electron chi connectivity index (χ1n) is 7.86. The van der Waals surface area contributed by atoms with Crippen LogP contribution in [0.25, 0.3) is 0 Å². The summed E-state index contributed by atoms with van der Waals surface area (Å²) in [5.74, 6) is 0.259. The zero-order chi connectivity index (χ0) is 14.5. The van der Waals surface area contributed by atoms with Crippen molar-refractivity contribution in [1.29, 1.82) is 0 Å². The number of amides is 1. The topological polar surface area (TPSA) is 92.4 Å². The van der Waals surface area contributed by atoms with E-state index in [1.54, 1.807) is 0 Å². The molecule has 2 rings (SSSR count). The van der Waals surface area contributed by atoms with E-state index in [0.717, 1.165) is 32.1 Å². The third-order valence-corrected chi connectivity index (χ3v) is 4.98. The van der Waals surface area contributed by atoms with Crippen LogP contribution < -0.4 is 11.1 Å². The van der Waals surface area contributed by atoms with Crippen LogP contribution in [-0.2, 0) is 9.59 Å². The van der Waals surface area contributed by atoms with Crippen LogP contribution in [0.4, 0.5) is 0 Å². The van der Waals surface area contributed by atoms with E-state index >= 15 is 0 Å². The highest BCUT2D eigenvalue weighted by atomic mass is 16.4. The molecular weight excluding hydrogens is 256 g/mol. The Morgan fingerprint density at radius 1 is 1.20 bits per heavy atom. The van der Waals surface area contributed by atoms with Gasteiger partial charge in [-0.05, 0) is 56.9 Å². The van der Waals surface area contributed by atoms with Crippen LogP contribution in [-0.4, -0.2) is 29.6 Å². The van der Waals surface area contributed by atoms with E-state index in [1.807, 2.05) is 0 Å². The summed E-state index contributed by atoms with van der Waals surface area (Å²) in [7, 11) is 0. The van der Waals surface area contributed by atoms with E-state index < -0.39 is 12.0 Å². The molecule has 2 aliphatic carbocycles. The monoisotopic (exact) mass is 282 g/mol. The standard InChI is InChI=1S/C15H26N2O3/c16-9-2-1-6-13(15(19)20)17-14(18)12-8-7-10-4-3-5-11(10)12/h10-13H,1-9,16H2,(H,17,18)(H,19,20)/t10-,11-,12?,13+/m1/s1. The maximum absolute atomic E-state index is 12.3. The second-order valence-corrected chi connectivity index (χ2v) is 6.22. The molecule has 0 heterocycles. The first-order valence-corrected chi connectivity index (χ1v) is 7.86. The first-order chi connectivity index (χ1) is 9.63. The average Bonchev–Trinajstić information content (AvgIpc) is 2.99. The van der Waals surface area contributed by atoms with Crippen molar-refractivity contribution in [2.75, 3.05) is 6.54 Å². The van der Waals surface area contributed by atoms with E-state index in [4.69, 9.17) is 5.73 Å². The lowest BCUT2D eigenvalue weighted by Gasteiger charge is -2.21. The van der Waals surface area contributed by atoms with E-state index in [0.29, 0.717) is 24.8 Å². The summed E-state index contributed by atoms with van der Waals surface area (Å²) < 4.78 is 0. The molecule has 0 spiro atoms. The van der Waals surface area contributed by atoms with Crippen molar-refractivity contribution in [2.24, 2.45) is 23.5 Å². The van der Waals surface area contributed by atoms with Gasteiger partial charge in [-0.2, -0.15) is 0 Å². The molecule has 1 unspecified atom stereocenters. The predicted octanol–water partition coefficient (Wildman–Crippen LogP) is 1.51. The molecule has 0 aromatic rings. The minimum Gasteiger partial charge on any atom is -0.480 e. The van der Waals surface area contributed by atoms with Crippen LogP contribution in [0, 0.1) is 17.8 Å². The Morgan fingerprint density at radius 3 is 2.70 bits per heavy atom. The lowest BCUT2D eigenvalue weighted by Crippen LogP contribution is -2.44. The number of nitrogens with one attached hydrogen (secondary N) is 1. The number of fused-ring (bicyclic) bond motifs is 1. The van der Waals surface area contributed by atoms with Crippen molar-refractivity contribution in [1.82, 2.24) is 5.32 Å². The van der Waals surface area contributed by atoms with Gasteiger partial charge in [0.05, 0.1) is 0 Å². The second-order valence-electron chi connectivity index (χ2n) is 6.22. The number of nitrogens with two attached hydrogens (primary N) is 1. The molecule has 2 fully saturated rings. The minimum absolute atomic E-state index is 0.0406. The maximum Gasteiger partial charge on any atom is 0.326 e. The van der Waals surface area contributed by atoms with Crippen LogP contribution in [0.1, 0.15) is 51.4 Å². The summed E-state index contributed by atoms with van der Waals surface area (Å²) in [5, 5.41) is 12.0. The number of hydrogen-bond acceptors (Lipinski definition) is 3. The van der Waals surface area contributed by atoms with Gasteiger partial charge in [0.1, 0.15) is 6.04 Å². The molecule has 1 amide bonds. The number of carbonyl (C=O) groups excluding carboxylic acids is 1. The fourth-order valence-electron chi connectivity index (χ4n) is 3.92. The average molecular weight is 282 g/mol. The Hall–Kier alpha value is -1.10. The number of rotatable bonds is 7. The van der Waals surface area contributed by atoms with Gasteiger partial charge in [0.25, 0.3) is 0 Å². The van der Waals surface area contributed by atoms with Gasteiger partial charge in [0.15, 0.2) is 0 Å². The highest BCUT2D eigenvalue weighted by Gasteiger charge is 2.43. The van der Waals surface area contributed by atoms with E-state index in [9.17, 15) is 14.7 Å². The fourth-order valence-corrected chi connectivity index (χ4v) is 3.92. The summed E-state index contributed by atoms with van der Waals surface area (Å²) in [4.78, 5) is 23.6. The number of carboxylic acid groups (broad SMARTS) is 1. The molecule has 4 atom stereocenters. The molecular formula is C15H26N2O3. The van der Waals surface area contributed by atoms with Crippen molar-refractivity contribution < 1.29 is 14.7 Å². The zero-order valence-electron chi connectivity index (χ0n) is 12.0. The molecule has 0 bridgehead atoms. The van der Waals surface area contributed by atoms with E-state index in [2.05, 4.69) is 5.32 Å². The molecule has 2 saturated carbocycles. The van der Waals surface area contributed by atoms with Gasteiger partial charge in [-0.15, -0.1) is 0 Å². The summed E-state index contributed by atoms with van der Waals surface area (Å²) in [6, 6.07) is -0.755. The number of unbranched alkanes of at least 4 members (excludes halogenated alkanes) is 1. The van der Waals surface area contributed by atoms with Crippen molar-refractivity contribution in [3.8, 4) is 0 Å². The Kier molecular flexibility index (Phi) is 5.40. The largest absolute Gasteiger partial charge is 0.480 e. The number of carbonyl (C=O) groups is 2. The number of hydrogen-bond donors (Lipinski definition) is 3. The fraction of sp³-hybridized carbons (Fsp3) is 0.867. The van der Waals surface area contributed by atoms with Gasteiger partial charge in [-0.3, -0.25) is 4.79 Å². The van der Waals surface area contributed by atoms with Crippen LogP contribution in [0.2, 0.25) is 0 Å².